The first kappa shape index (κ1) is 18.7. The van der Waals surface area contributed by atoms with Crippen LogP contribution in [0.15, 0.2) is 84.0 Å². The zero-order valence-electron chi connectivity index (χ0n) is 16.1. The number of carbonyl (C=O) groups excluding carboxylic acids is 1. The number of aromatic hydroxyl groups is 1. The fourth-order valence-electron chi connectivity index (χ4n) is 3.89. The lowest BCUT2D eigenvalue weighted by molar-refractivity contribution is -0.122. The van der Waals surface area contributed by atoms with Crippen molar-refractivity contribution in [2.24, 2.45) is 11.0 Å². The summed E-state index contributed by atoms with van der Waals surface area (Å²) in [4.78, 5) is 12.8. The maximum absolute atomic E-state index is 12.8. The summed E-state index contributed by atoms with van der Waals surface area (Å²) in [5, 5.41) is 13.9. The second-order valence-corrected chi connectivity index (χ2v) is 7.13. The third-order valence-electron chi connectivity index (χ3n) is 5.45. The lowest BCUT2D eigenvalue weighted by atomic mass is 9.85. The van der Waals surface area contributed by atoms with Crippen LogP contribution in [-0.2, 0) is 10.2 Å². The van der Waals surface area contributed by atoms with Gasteiger partial charge in [-0.25, -0.2) is 5.43 Å². The molecule has 0 heterocycles. The van der Waals surface area contributed by atoms with E-state index in [9.17, 15) is 9.90 Å². The maximum Gasteiger partial charge on any atom is 0.244 e. The summed E-state index contributed by atoms with van der Waals surface area (Å²) in [6.07, 6.45) is 2.25. The minimum Gasteiger partial charge on any atom is -0.504 e. The fraction of sp³-hybridized carbons (Fsp3) is 0.167. The van der Waals surface area contributed by atoms with Gasteiger partial charge in [-0.1, -0.05) is 60.7 Å². The normalized spacial score (nSPS) is 17.1. The third kappa shape index (κ3) is 3.59. The number of hydrazone groups is 1. The number of nitrogens with zero attached hydrogens (tertiary/aromatic N) is 1. The van der Waals surface area contributed by atoms with Crippen molar-refractivity contribution >= 4 is 12.1 Å². The van der Waals surface area contributed by atoms with Crippen molar-refractivity contribution in [1.82, 2.24) is 5.43 Å². The monoisotopic (exact) mass is 386 g/mol. The molecule has 0 aromatic heterocycles. The molecule has 1 atom stereocenters. The van der Waals surface area contributed by atoms with E-state index in [0.717, 1.165) is 17.5 Å². The molecule has 3 aromatic carbocycles. The molecule has 29 heavy (non-hydrogen) atoms. The van der Waals surface area contributed by atoms with Gasteiger partial charge in [0, 0.05) is 5.41 Å². The highest BCUT2D eigenvalue weighted by atomic mass is 16.5. The predicted molar refractivity (Wildman–Crippen MR) is 112 cm³/mol. The second kappa shape index (κ2) is 7.80. The van der Waals surface area contributed by atoms with Gasteiger partial charge in [-0.15, -0.1) is 0 Å². The predicted octanol–water partition coefficient (Wildman–Crippen LogP) is 3.86. The molecule has 0 bridgehead atoms. The van der Waals surface area contributed by atoms with E-state index in [2.05, 4.69) is 34.8 Å². The third-order valence-corrected chi connectivity index (χ3v) is 5.45. The summed E-state index contributed by atoms with van der Waals surface area (Å²) in [5.41, 5.74) is 5.27. The summed E-state index contributed by atoms with van der Waals surface area (Å²) < 4.78 is 5.03. The Hall–Kier alpha value is -3.60. The van der Waals surface area contributed by atoms with Crippen molar-refractivity contribution in [1.29, 1.82) is 0 Å². The summed E-state index contributed by atoms with van der Waals surface area (Å²) >= 11 is 0. The SMILES string of the molecule is COc1ccc(C=NNC(=O)C2CC2(c2ccccc2)c2ccccc2)cc1O. The Kier molecular flexibility index (Phi) is 5.04. The van der Waals surface area contributed by atoms with E-state index in [0.29, 0.717) is 11.3 Å². The highest BCUT2D eigenvalue weighted by Crippen LogP contribution is 2.58. The van der Waals surface area contributed by atoms with Gasteiger partial charge in [-0.2, -0.15) is 5.10 Å². The first-order chi connectivity index (χ1) is 14.1. The molecular weight excluding hydrogens is 364 g/mol. The molecule has 146 valence electrons. The number of phenols is 1. The molecular formula is C24H22N2O3. The molecule has 4 rings (SSSR count). The first-order valence-corrected chi connectivity index (χ1v) is 9.46. The van der Waals surface area contributed by atoms with Crippen LogP contribution in [0.2, 0.25) is 0 Å². The van der Waals surface area contributed by atoms with Crippen LogP contribution in [-0.4, -0.2) is 24.3 Å². The summed E-state index contributed by atoms with van der Waals surface area (Å²) in [7, 11) is 1.49. The van der Waals surface area contributed by atoms with E-state index in [1.54, 1.807) is 12.1 Å². The topological polar surface area (TPSA) is 70.9 Å². The number of rotatable bonds is 6. The van der Waals surface area contributed by atoms with Crippen LogP contribution < -0.4 is 10.2 Å². The fourth-order valence-corrected chi connectivity index (χ4v) is 3.89. The zero-order valence-corrected chi connectivity index (χ0v) is 16.1. The number of ether oxygens (including phenoxy) is 1. The van der Waals surface area contributed by atoms with E-state index in [1.807, 2.05) is 36.4 Å². The minimum atomic E-state index is -0.319. The van der Waals surface area contributed by atoms with Gasteiger partial charge >= 0.3 is 0 Å². The Morgan fingerprint density at radius 1 is 1.07 bits per heavy atom. The van der Waals surface area contributed by atoms with Gasteiger partial charge in [0.2, 0.25) is 5.91 Å². The van der Waals surface area contributed by atoms with Gasteiger partial charge in [0.15, 0.2) is 11.5 Å². The Balaban J connectivity index is 1.51. The van der Waals surface area contributed by atoms with Crippen LogP contribution in [0.5, 0.6) is 11.5 Å². The Bertz CT molecular complexity index is 993. The van der Waals surface area contributed by atoms with Gasteiger partial charge in [0.25, 0.3) is 0 Å². The Labute approximate surface area is 169 Å². The average Bonchev–Trinajstić information content (AvgIpc) is 3.52. The van der Waals surface area contributed by atoms with Gasteiger partial charge in [-0.05, 0) is 41.3 Å². The van der Waals surface area contributed by atoms with Crippen molar-refractivity contribution in [3.63, 3.8) is 0 Å². The standard InChI is InChI=1S/C24H22N2O3/c1-29-22-13-12-17(14-21(22)27)16-25-26-23(28)20-15-24(20,18-8-4-2-5-9-18)19-10-6-3-7-11-19/h2-14,16,20,27H,15H2,1H3,(H,26,28). The smallest absolute Gasteiger partial charge is 0.244 e. The van der Waals surface area contributed by atoms with Gasteiger partial charge in [0.1, 0.15) is 0 Å². The van der Waals surface area contributed by atoms with Gasteiger partial charge < -0.3 is 9.84 Å². The zero-order chi connectivity index (χ0) is 20.3. The van der Waals surface area contributed by atoms with Crippen molar-refractivity contribution < 1.29 is 14.6 Å². The maximum atomic E-state index is 12.8. The van der Waals surface area contributed by atoms with E-state index in [-0.39, 0.29) is 23.0 Å². The molecule has 1 amide bonds. The number of hydrogen-bond donors (Lipinski definition) is 2. The summed E-state index contributed by atoms with van der Waals surface area (Å²) in [6, 6.07) is 25.2. The molecule has 0 spiro atoms. The summed E-state index contributed by atoms with van der Waals surface area (Å²) in [6.45, 7) is 0. The van der Waals surface area contributed by atoms with Crippen LogP contribution in [0.4, 0.5) is 0 Å². The Morgan fingerprint density at radius 2 is 1.69 bits per heavy atom. The van der Waals surface area contributed by atoms with Crippen LogP contribution in [0.3, 0.4) is 0 Å². The molecule has 0 saturated heterocycles. The number of amides is 1. The molecule has 5 heteroatoms. The van der Waals surface area contributed by atoms with Crippen molar-refractivity contribution in [2.45, 2.75) is 11.8 Å². The van der Waals surface area contributed by atoms with Crippen LogP contribution in [0.1, 0.15) is 23.1 Å². The summed E-state index contributed by atoms with van der Waals surface area (Å²) in [5.74, 6) is 0.109. The minimum absolute atomic E-state index is 0.0251. The molecule has 1 aliphatic rings. The lowest BCUT2D eigenvalue weighted by Crippen LogP contribution is -2.25. The first-order valence-electron chi connectivity index (χ1n) is 9.46. The van der Waals surface area contributed by atoms with Crippen LogP contribution >= 0.6 is 0 Å². The number of phenolic OH excluding ortho intramolecular Hbond substituents is 1. The van der Waals surface area contributed by atoms with E-state index < -0.39 is 0 Å². The van der Waals surface area contributed by atoms with Gasteiger partial charge in [0.05, 0.1) is 19.2 Å². The van der Waals surface area contributed by atoms with E-state index in [4.69, 9.17) is 4.74 Å². The molecule has 0 radical (unpaired) electrons. The number of benzene rings is 3. The number of methoxy groups -OCH3 is 1. The van der Waals surface area contributed by atoms with Crippen molar-refractivity contribution in [3.05, 3.63) is 95.6 Å². The van der Waals surface area contributed by atoms with Crippen LogP contribution in [0.25, 0.3) is 0 Å². The molecule has 1 unspecified atom stereocenters. The Morgan fingerprint density at radius 3 is 2.24 bits per heavy atom. The lowest BCUT2D eigenvalue weighted by Gasteiger charge is -2.18. The molecule has 2 N–H and O–H groups in total. The number of carbonyl (C=O) groups is 1. The molecule has 0 aliphatic heterocycles. The van der Waals surface area contributed by atoms with E-state index in [1.165, 1.54) is 19.4 Å². The molecule has 3 aromatic rings. The van der Waals surface area contributed by atoms with Gasteiger partial charge in [-0.3, -0.25) is 4.79 Å². The molecule has 5 nitrogen and oxygen atoms in total. The quantitative estimate of drug-likeness (QED) is 0.499. The number of nitrogens with one attached hydrogen (secondary N) is 1. The van der Waals surface area contributed by atoms with Crippen molar-refractivity contribution in [2.75, 3.05) is 7.11 Å². The molecule has 1 aliphatic carbocycles. The van der Waals surface area contributed by atoms with E-state index >= 15 is 0 Å². The highest BCUT2D eigenvalue weighted by molar-refractivity contribution is 5.88. The number of hydrogen-bond acceptors (Lipinski definition) is 4. The average molecular weight is 386 g/mol. The molecule has 1 saturated carbocycles. The largest absolute Gasteiger partial charge is 0.504 e. The van der Waals surface area contributed by atoms with Crippen LogP contribution in [0, 0.1) is 5.92 Å². The van der Waals surface area contributed by atoms with Crippen molar-refractivity contribution in [3.8, 4) is 11.5 Å². The highest BCUT2D eigenvalue weighted by Gasteiger charge is 2.60. The molecule has 1 fully saturated rings. The second-order valence-electron chi connectivity index (χ2n) is 7.13.